The standard InChI is InChI=1S/C14H17F2NO4/c1-17(8-2-3-13(19)20)12(18)9-10-4-6-11(7-5-10)21-14(15)16/h4-7,14H,2-3,8-9H2,1H3,(H,19,20). The van der Waals surface area contributed by atoms with Crippen LogP contribution in [0.3, 0.4) is 0 Å². The molecule has 0 spiro atoms. The van der Waals surface area contributed by atoms with Crippen LogP contribution < -0.4 is 4.74 Å². The van der Waals surface area contributed by atoms with Gasteiger partial charge in [0.15, 0.2) is 0 Å². The fourth-order valence-corrected chi connectivity index (χ4v) is 1.69. The van der Waals surface area contributed by atoms with Crippen LogP contribution in [0.5, 0.6) is 5.75 Å². The van der Waals surface area contributed by atoms with Crippen molar-refractivity contribution in [3.63, 3.8) is 0 Å². The van der Waals surface area contributed by atoms with Gasteiger partial charge in [-0.2, -0.15) is 8.78 Å². The minimum absolute atomic E-state index is 0.0112. The second-order valence-corrected chi connectivity index (χ2v) is 4.51. The van der Waals surface area contributed by atoms with Gasteiger partial charge in [-0.25, -0.2) is 0 Å². The van der Waals surface area contributed by atoms with Crippen molar-refractivity contribution >= 4 is 11.9 Å². The molecule has 116 valence electrons. The van der Waals surface area contributed by atoms with E-state index in [0.717, 1.165) is 0 Å². The Bertz CT molecular complexity index is 476. The third-order valence-corrected chi connectivity index (χ3v) is 2.81. The topological polar surface area (TPSA) is 66.8 Å². The highest BCUT2D eigenvalue weighted by Crippen LogP contribution is 2.15. The first-order valence-electron chi connectivity index (χ1n) is 6.38. The van der Waals surface area contributed by atoms with Gasteiger partial charge in [0, 0.05) is 20.0 Å². The number of aliphatic carboxylic acids is 1. The van der Waals surface area contributed by atoms with Crippen LogP contribution in [0.2, 0.25) is 0 Å². The second kappa shape index (κ2) is 8.18. The second-order valence-electron chi connectivity index (χ2n) is 4.51. The molecule has 0 unspecified atom stereocenters. The minimum Gasteiger partial charge on any atom is -0.481 e. The fraction of sp³-hybridized carbons (Fsp3) is 0.429. The van der Waals surface area contributed by atoms with Crippen LogP contribution in [-0.4, -0.2) is 42.1 Å². The molecular weight excluding hydrogens is 284 g/mol. The predicted octanol–water partition coefficient (Wildman–Crippen LogP) is 2.15. The monoisotopic (exact) mass is 301 g/mol. The number of ether oxygens (including phenoxy) is 1. The lowest BCUT2D eigenvalue weighted by atomic mass is 10.1. The quantitative estimate of drug-likeness (QED) is 0.799. The average Bonchev–Trinajstić information content (AvgIpc) is 2.39. The van der Waals surface area contributed by atoms with Gasteiger partial charge in [0.05, 0.1) is 6.42 Å². The molecule has 0 atom stereocenters. The van der Waals surface area contributed by atoms with Gasteiger partial charge in [-0.1, -0.05) is 12.1 Å². The van der Waals surface area contributed by atoms with Crippen LogP contribution in [-0.2, 0) is 16.0 Å². The molecule has 0 bridgehead atoms. The van der Waals surface area contributed by atoms with Crippen molar-refractivity contribution in [2.45, 2.75) is 25.9 Å². The zero-order valence-electron chi connectivity index (χ0n) is 11.6. The number of amides is 1. The Morgan fingerprint density at radius 2 is 1.90 bits per heavy atom. The maximum atomic E-state index is 12.0. The van der Waals surface area contributed by atoms with Gasteiger partial charge >= 0.3 is 12.6 Å². The van der Waals surface area contributed by atoms with E-state index >= 15 is 0 Å². The number of hydrogen-bond acceptors (Lipinski definition) is 3. The number of carbonyl (C=O) groups excluding carboxylic acids is 1. The zero-order chi connectivity index (χ0) is 15.8. The number of carbonyl (C=O) groups is 2. The molecule has 0 aliphatic rings. The number of halogens is 2. The maximum Gasteiger partial charge on any atom is 0.387 e. The van der Waals surface area contributed by atoms with Crippen molar-refractivity contribution in [2.75, 3.05) is 13.6 Å². The Hall–Kier alpha value is -2.18. The summed E-state index contributed by atoms with van der Waals surface area (Å²) in [4.78, 5) is 23.7. The Morgan fingerprint density at radius 3 is 2.43 bits per heavy atom. The summed E-state index contributed by atoms with van der Waals surface area (Å²) in [6.45, 7) is -2.52. The lowest BCUT2D eigenvalue weighted by Crippen LogP contribution is -2.29. The third kappa shape index (κ3) is 6.69. The molecule has 1 amide bonds. The maximum absolute atomic E-state index is 12.0. The molecule has 0 radical (unpaired) electrons. The summed E-state index contributed by atoms with van der Waals surface area (Å²) >= 11 is 0. The van der Waals surface area contributed by atoms with Crippen LogP contribution >= 0.6 is 0 Å². The van der Waals surface area contributed by atoms with E-state index in [1.165, 1.54) is 17.0 Å². The van der Waals surface area contributed by atoms with Crippen molar-refractivity contribution in [1.82, 2.24) is 4.90 Å². The van der Waals surface area contributed by atoms with E-state index in [1.54, 1.807) is 19.2 Å². The molecule has 0 saturated heterocycles. The summed E-state index contributed by atoms with van der Waals surface area (Å²) < 4.78 is 28.2. The number of rotatable bonds is 8. The van der Waals surface area contributed by atoms with E-state index in [2.05, 4.69) is 4.74 Å². The van der Waals surface area contributed by atoms with Crippen molar-refractivity contribution in [1.29, 1.82) is 0 Å². The molecule has 0 saturated carbocycles. The number of benzene rings is 1. The van der Waals surface area contributed by atoms with E-state index in [4.69, 9.17) is 5.11 Å². The Balaban J connectivity index is 2.44. The van der Waals surface area contributed by atoms with Crippen molar-refractivity contribution in [3.8, 4) is 5.75 Å². The van der Waals surface area contributed by atoms with Crippen molar-refractivity contribution < 1.29 is 28.2 Å². The normalized spacial score (nSPS) is 10.5. The summed E-state index contributed by atoms with van der Waals surface area (Å²) in [5, 5.41) is 8.52. The number of alkyl halides is 2. The summed E-state index contributed by atoms with van der Waals surface area (Å²) in [5.74, 6) is -1.02. The van der Waals surface area contributed by atoms with Gasteiger partial charge in [-0.15, -0.1) is 0 Å². The SMILES string of the molecule is CN(CCCC(=O)O)C(=O)Cc1ccc(OC(F)F)cc1. The molecular formula is C14H17F2NO4. The highest BCUT2D eigenvalue weighted by Gasteiger charge is 2.11. The first-order valence-corrected chi connectivity index (χ1v) is 6.38. The van der Waals surface area contributed by atoms with Crippen LogP contribution in [0, 0.1) is 0 Å². The Morgan fingerprint density at radius 1 is 1.29 bits per heavy atom. The first kappa shape index (κ1) is 16.9. The van der Waals surface area contributed by atoms with Crippen LogP contribution in [0.15, 0.2) is 24.3 Å². The molecule has 1 N–H and O–H groups in total. The molecule has 1 aromatic carbocycles. The van der Waals surface area contributed by atoms with Gasteiger partial charge in [0.1, 0.15) is 5.75 Å². The third-order valence-electron chi connectivity index (χ3n) is 2.81. The number of likely N-dealkylation sites (N-methyl/N-ethyl adjacent to an activating group) is 1. The Labute approximate surface area is 121 Å². The molecule has 5 nitrogen and oxygen atoms in total. The van der Waals surface area contributed by atoms with Crippen molar-refractivity contribution in [2.24, 2.45) is 0 Å². The van der Waals surface area contributed by atoms with E-state index in [0.29, 0.717) is 18.5 Å². The van der Waals surface area contributed by atoms with Crippen molar-refractivity contribution in [3.05, 3.63) is 29.8 Å². The molecule has 0 aliphatic carbocycles. The predicted molar refractivity (Wildman–Crippen MR) is 71.3 cm³/mol. The number of carboxylic acid groups (broad SMARTS) is 1. The van der Waals surface area contributed by atoms with E-state index in [-0.39, 0.29) is 24.5 Å². The summed E-state index contributed by atoms with van der Waals surface area (Å²) in [6, 6.07) is 5.83. The number of nitrogens with zero attached hydrogens (tertiary/aromatic N) is 1. The molecule has 0 aromatic heterocycles. The van der Waals surface area contributed by atoms with E-state index in [1.807, 2.05) is 0 Å². The summed E-state index contributed by atoms with van der Waals surface area (Å²) in [7, 11) is 1.60. The van der Waals surface area contributed by atoms with Gasteiger partial charge in [-0.3, -0.25) is 9.59 Å². The van der Waals surface area contributed by atoms with Crippen LogP contribution in [0.4, 0.5) is 8.78 Å². The highest BCUT2D eigenvalue weighted by molar-refractivity contribution is 5.78. The zero-order valence-corrected chi connectivity index (χ0v) is 11.6. The van der Waals surface area contributed by atoms with Gasteiger partial charge in [0.25, 0.3) is 0 Å². The fourth-order valence-electron chi connectivity index (χ4n) is 1.69. The van der Waals surface area contributed by atoms with Gasteiger partial charge in [0.2, 0.25) is 5.91 Å². The van der Waals surface area contributed by atoms with Crippen LogP contribution in [0.25, 0.3) is 0 Å². The summed E-state index contributed by atoms with van der Waals surface area (Å²) in [5.41, 5.74) is 0.673. The van der Waals surface area contributed by atoms with Gasteiger partial charge < -0.3 is 14.7 Å². The molecule has 1 aromatic rings. The number of hydrogen-bond donors (Lipinski definition) is 1. The van der Waals surface area contributed by atoms with Gasteiger partial charge in [-0.05, 0) is 24.1 Å². The van der Waals surface area contributed by atoms with E-state index < -0.39 is 12.6 Å². The molecule has 1 rings (SSSR count). The van der Waals surface area contributed by atoms with Crippen LogP contribution in [0.1, 0.15) is 18.4 Å². The average molecular weight is 301 g/mol. The lowest BCUT2D eigenvalue weighted by Gasteiger charge is -2.16. The minimum atomic E-state index is -2.88. The molecule has 7 heteroatoms. The molecule has 0 aliphatic heterocycles. The largest absolute Gasteiger partial charge is 0.481 e. The Kier molecular flexibility index (Phi) is 6.58. The number of carboxylic acids is 1. The molecule has 0 fully saturated rings. The smallest absolute Gasteiger partial charge is 0.387 e. The molecule has 0 heterocycles. The highest BCUT2D eigenvalue weighted by atomic mass is 19.3. The molecule has 21 heavy (non-hydrogen) atoms. The van der Waals surface area contributed by atoms with E-state index in [9.17, 15) is 18.4 Å². The first-order chi connectivity index (χ1) is 9.88. The lowest BCUT2D eigenvalue weighted by molar-refractivity contribution is -0.138. The summed E-state index contributed by atoms with van der Waals surface area (Å²) in [6.07, 6.45) is 0.522.